The van der Waals surface area contributed by atoms with Crippen molar-refractivity contribution in [1.29, 1.82) is 0 Å². The quantitative estimate of drug-likeness (QED) is 0.373. The maximum absolute atomic E-state index is 13.0. The van der Waals surface area contributed by atoms with Crippen molar-refractivity contribution in [2.24, 2.45) is 5.16 Å². The molecule has 0 bridgehead atoms. The van der Waals surface area contributed by atoms with Gasteiger partial charge in [-0.25, -0.2) is 4.39 Å². The van der Waals surface area contributed by atoms with Crippen molar-refractivity contribution >= 4 is 5.71 Å². The number of rotatable bonds is 10. The van der Waals surface area contributed by atoms with Gasteiger partial charge in [-0.1, -0.05) is 55.4 Å². The highest BCUT2D eigenvalue weighted by atomic mass is 19.1. The van der Waals surface area contributed by atoms with Crippen LogP contribution in [0.15, 0.2) is 53.7 Å². The third-order valence-corrected chi connectivity index (χ3v) is 4.87. The van der Waals surface area contributed by atoms with Gasteiger partial charge >= 0.3 is 0 Å². The van der Waals surface area contributed by atoms with Crippen LogP contribution in [0, 0.1) is 5.82 Å². The maximum atomic E-state index is 13.0. The molecule has 0 aliphatic carbocycles. The lowest BCUT2D eigenvalue weighted by Gasteiger charge is -2.19. The fourth-order valence-electron chi connectivity index (χ4n) is 3.20. The van der Waals surface area contributed by atoms with E-state index in [0.717, 1.165) is 44.5 Å². The first-order valence-corrected chi connectivity index (χ1v) is 9.43. The topological polar surface area (TPSA) is 35.8 Å². The van der Waals surface area contributed by atoms with Crippen LogP contribution in [0.3, 0.4) is 0 Å². The highest BCUT2D eigenvalue weighted by Gasteiger charge is 2.08. The molecule has 0 spiro atoms. The molecule has 0 amide bonds. The number of oxime groups is 1. The van der Waals surface area contributed by atoms with Crippen molar-refractivity contribution < 1.29 is 9.60 Å². The number of likely N-dealkylation sites (N-methyl/N-ethyl adjacent to an activating group) is 1. The Morgan fingerprint density at radius 1 is 0.962 bits per heavy atom. The minimum atomic E-state index is -0.284. The average molecular weight is 356 g/mol. The monoisotopic (exact) mass is 356 g/mol. The number of halogens is 1. The van der Waals surface area contributed by atoms with Crippen LogP contribution >= 0.6 is 0 Å². The molecule has 0 aromatic heterocycles. The number of hydrogen-bond donors (Lipinski definition) is 1. The van der Waals surface area contributed by atoms with Crippen molar-refractivity contribution in [3.8, 4) is 0 Å². The summed E-state index contributed by atoms with van der Waals surface area (Å²) in [6.07, 6.45) is 3.54. The average Bonchev–Trinajstić information content (AvgIpc) is 2.68. The van der Waals surface area contributed by atoms with Crippen LogP contribution in [0.1, 0.15) is 43.4 Å². The third kappa shape index (κ3) is 5.95. The van der Waals surface area contributed by atoms with Crippen LogP contribution in [-0.4, -0.2) is 35.5 Å². The molecule has 0 radical (unpaired) electrons. The summed E-state index contributed by atoms with van der Waals surface area (Å²) in [6.45, 7) is 7.61. The lowest BCUT2D eigenvalue weighted by molar-refractivity contribution is 0.307. The van der Waals surface area contributed by atoms with E-state index in [1.807, 2.05) is 0 Å². The predicted octanol–water partition coefficient (Wildman–Crippen LogP) is 4.91. The van der Waals surface area contributed by atoms with Crippen LogP contribution in [-0.2, 0) is 12.8 Å². The van der Waals surface area contributed by atoms with Gasteiger partial charge in [0.25, 0.3) is 0 Å². The summed E-state index contributed by atoms with van der Waals surface area (Å²) in [6, 6.07) is 14.7. The number of hydrogen-bond acceptors (Lipinski definition) is 3. The summed E-state index contributed by atoms with van der Waals surface area (Å²) in [7, 11) is 0. The van der Waals surface area contributed by atoms with Crippen LogP contribution in [0.5, 0.6) is 0 Å². The molecule has 0 saturated heterocycles. The van der Waals surface area contributed by atoms with Crippen LogP contribution < -0.4 is 0 Å². The van der Waals surface area contributed by atoms with Crippen molar-refractivity contribution in [1.82, 2.24) is 4.90 Å². The number of aryl methyl sites for hydroxylation is 1. The molecule has 2 rings (SSSR count). The van der Waals surface area contributed by atoms with E-state index in [2.05, 4.69) is 48.2 Å². The van der Waals surface area contributed by atoms with E-state index < -0.39 is 0 Å². The predicted molar refractivity (Wildman–Crippen MR) is 106 cm³/mol. The molecule has 4 heteroatoms. The normalized spacial score (nSPS) is 11.9. The molecule has 3 nitrogen and oxygen atoms in total. The fourth-order valence-corrected chi connectivity index (χ4v) is 3.20. The summed E-state index contributed by atoms with van der Waals surface area (Å²) in [5.74, 6) is -0.284. The van der Waals surface area contributed by atoms with Crippen molar-refractivity contribution in [2.45, 2.75) is 39.5 Å². The molecule has 0 unspecified atom stereocenters. The molecule has 1 N–H and O–H groups in total. The Bertz CT molecular complexity index is 694. The molecule has 0 aliphatic heterocycles. The lowest BCUT2D eigenvalue weighted by Crippen LogP contribution is -2.25. The summed E-state index contributed by atoms with van der Waals surface area (Å²) < 4.78 is 13.0. The Kier molecular flexibility index (Phi) is 8.29. The van der Waals surface area contributed by atoms with Gasteiger partial charge in [-0.15, -0.1) is 0 Å². The minimum Gasteiger partial charge on any atom is -0.411 e. The highest BCUT2D eigenvalue weighted by molar-refractivity contribution is 6.00. The van der Waals surface area contributed by atoms with E-state index in [1.165, 1.54) is 23.3 Å². The Labute approximate surface area is 156 Å². The molecule has 0 atom stereocenters. The minimum absolute atomic E-state index is 0.284. The molecular weight excluding hydrogens is 327 g/mol. The summed E-state index contributed by atoms with van der Waals surface area (Å²) in [5.41, 5.74) is 4.12. The molecule has 0 heterocycles. The molecule has 0 saturated carbocycles. The van der Waals surface area contributed by atoms with E-state index in [-0.39, 0.29) is 5.82 Å². The smallest absolute Gasteiger partial charge is 0.123 e. The van der Waals surface area contributed by atoms with Gasteiger partial charge in [0.2, 0.25) is 0 Å². The second kappa shape index (κ2) is 10.7. The Morgan fingerprint density at radius 2 is 1.58 bits per heavy atom. The van der Waals surface area contributed by atoms with E-state index >= 15 is 0 Å². The first kappa shape index (κ1) is 20.1. The van der Waals surface area contributed by atoms with Gasteiger partial charge in [-0.05, 0) is 67.6 Å². The Hall–Kier alpha value is -2.20. The van der Waals surface area contributed by atoms with Crippen LogP contribution in [0.4, 0.5) is 4.39 Å². The zero-order valence-corrected chi connectivity index (χ0v) is 15.8. The molecule has 26 heavy (non-hydrogen) atoms. The summed E-state index contributed by atoms with van der Waals surface area (Å²) in [5, 5.41) is 12.7. The zero-order valence-electron chi connectivity index (χ0n) is 15.8. The van der Waals surface area contributed by atoms with Gasteiger partial charge in [-0.2, -0.15) is 0 Å². The molecule has 2 aromatic carbocycles. The van der Waals surface area contributed by atoms with Crippen LogP contribution in [0.2, 0.25) is 0 Å². The van der Waals surface area contributed by atoms with Crippen molar-refractivity contribution in [3.63, 3.8) is 0 Å². The fraction of sp³-hybridized carbons (Fsp3) is 0.409. The van der Waals surface area contributed by atoms with Gasteiger partial charge in [0.05, 0.1) is 5.71 Å². The van der Waals surface area contributed by atoms with E-state index in [0.29, 0.717) is 12.1 Å². The maximum Gasteiger partial charge on any atom is 0.123 e. The molecular formula is C22H29FN2O. The van der Waals surface area contributed by atoms with Gasteiger partial charge in [0.15, 0.2) is 0 Å². The SMILES string of the molecule is CCN(CC)CCc1ccccc1CCCC(=NO)c1ccc(F)cc1. The largest absolute Gasteiger partial charge is 0.411 e. The van der Waals surface area contributed by atoms with E-state index in [1.54, 1.807) is 12.1 Å². The molecule has 2 aromatic rings. The standard InChI is InChI=1S/C22H29FN2O/c1-3-25(4-2)17-16-19-9-6-5-8-18(19)10-7-11-22(24-26)20-12-14-21(23)15-13-20/h5-6,8-9,12-15,26H,3-4,7,10-11,16-17H2,1-2H3. The van der Waals surface area contributed by atoms with Gasteiger partial charge < -0.3 is 10.1 Å². The highest BCUT2D eigenvalue weighted by Crippen LogP contribution is 2.15. The number of benzene rings is 2. The van der Waals surface area contributed by atoms with E-state index in [4.69, 9.17) is 0 Å². The van der Waals surface area contributed by atoms with Gasteiger partial charge in [0.1, 0.15) is 5.82 Å². The Morgan fingerprint density at radius 3 is 2.15 bits per heavy atom. The third-order valence-electron chi connectivity index (χ3n) is 4.87. The van der Waals surface area contributed by atoms with Gasteiger partial charge in [0, 0.05) is 6.54 Å². The second-order valence-electron chi connectivity index (χ2n) is 6.45. The summed E-state index contributed by atoms with van der Waals surface area (Å²) >= 11 is 0. The second-order valence-corrected chi connectivity index (χ2v) is 6.45. The van der Waals surface area contributed by atoms with Crippen LogP contribution in [0.25, 0.3) is 0 Å². The van der Waals surface area contributed by atoms with Crippen molar-refractivity contribution in [3.05, 3.63) is 71.0 Å². The zero-order chi connectivity index (χ0) is 18.8. The molecule has 0 fully saturated rings. The summed E-state index contributed by atoms with van der Waals surface area (Å²) in [4.78, 5) is 2.43. The molecule has 140 valence electrons. The lowest BCUT2D eigenvalue weighted by atomic mass is 9.97. The van der Waals surface area contributed by atoms with Crippen molar-refractivity contribution in [2.75, 3.05) is 19.6 Å². The first-order valence-electron chi connectivity index (χ1n) is 9.43. The van der Waals surface area contributed by atoms with E-state index in [9.17, 15) is 9.60 Å². The first-order chi connectivity index (χ1) is 12.7. The van der Waals surface area contributed by atoms with Gasteiger partial charge in [-0.3, -0.25) is 0 Å². The molecule has 0 aliphatic rings. The number of nitrogens with zero attached hydrogens (tertiary/aromatic N) is 2. The Balaban J connectivity index is 1.93.